The number of rotatable bonds is 6. The summed E-state index contributed by atoms with van der Waals surface area (Å²) >= 11 is 1.63. The van der Waals surface area contributed by atoms with Gasteiger partial charge in [0.1, 0.15) is 11.9 Å². The summed E-state index contributed by atoms with van der Waals surface area (Å²) in [4.78, 5) is 17.1. The van der Waals surface area contributed by atoms with Crippen molar-refractivity contribution in [3.05, 3.63) is 29.9 Å². The fourth-order valence-corrected chi connectivity index (χ4v) is 2.63. The lowest BCUT2D eigenvalue weighted by Crippen LogP contribution is -2.40. The molecule has 0 aliphatic carbocycles. The molecule has 0 saturated heterocycles. The summed E-state index contributed by atoms with van der Waals surface area (Å²) in [5.41, 5.74) is 0. The number of hydrogen-bond acceptors (Lipinski definition) is 5. The van der Waals surface area contributed by atoms with Gasteiger partial charge in [0.15, 0.2) is 0 Å². The third kappa shape index (κ3) is 3.21. The minimum absolute atomic E-state index is 0.257. The number of esters is 1. The van der Waals surface area contributed by atoms with Gasteiger partial charge >= 0.3 is 5.97 Å². The zero-order valence-corrected chi connectivity index (χ0v) is 11.8. The van der Waals surface area contributed by atoms with Crippen molar-refractivity contribution in [2.45, 2.75) is 19.5 Å². The molecular weight excluding hydrogens is 262 g/mol. The predicted molar refractivity (Wildman–Crippen MR) is 75.0 cm³/mol. The van der Waals surface area contributed by atoms with E-state index in [1.54, 1.807) is 17.5 Å². The van der Waals surface area contributed by atoms with Crippen molar-refractivity contribution >= 4 is 17.3 Å². The molecule has 6 heteroatoms. The number of methoxy groups -OCH3 is 1. The van der Waals surface area contributed by atoms with Crippen LogP contribution in [-0.2, 0) is 16.1 Å². The molecule has 0 aliphatic rings. The third-order valence-electron chi connectivity index (χ3n) is 2.77. The Labute approximate surface area is 116 Å². The quantitative estimate of drug-likeness (QED) is 0.819. The zero-order valence-electron chi connectivity index (χ0n) is 11.0. The number of carbonyl (C=O) groups is 1. The molecular formula is C13H17N3O2S. The molecule has 0 amide bonds. The molecule has 1 unspecified atom stereocenters. The highest BCUT2D eigenvalue weighted by atomic mass is 32.1. The van der Waals surface area contributed by atoms with Gasteiger partial charge < -0.3 is 14.6 Å². The molecule has 0 aromatic carbocycles. The number of imidazole rings is 1. The average molecular weight is 279 g/mol. The van der Waals surface area contributed by atoms with Gasteiger partial charge in [-0.1, -0.05) is 13.0 Å². The molecule has 0 bridgehead atoms. The summed E-state index contributed by atoms with van der Waals surface area (Å²) in [5.74, 6) is 0.620. The second kappa shape index (κ2) is 6.49. The van der Waals surface area contributed by atoms with Crippen LogP contribution in [0.4, 0.5) is 0 Å². The van der Waals surface area contributed by atoms with Gasteiger partial charge in [-0.3, -0.25) is 4.79 Å². The number of hydrogen-bond donors (Lipinski definition) is 1. The smallest absolute Gasteiger partial charge is 0.324 e. The van der Waals surface area contributed by atoms with Crippen LogP contribution < -0.4 is 5.32 Å². The Kier molecular flexibility index (Phi) is 4.70. The van der Waals surface area contributed by atoms with Crippen LogP contribution in [0.5, 0.6) is 0 Å². The number of ether oxygens (including phenoxy) is 1. The van der Waals surface area contributed by atoms with Crippen LogP contribution in [0.25, 0.3) is 10.7 Å². The van der Waals surface area contributed by atoms with E-state index in [-0.39, 0.29) is 12.0 Å². The van der Waals surface area contributed by atoms with E-state index in [9.17, 15) is 4.79 Å². The second-order valence-electron chi connectivity index (χ2n) is 4.01. The van der Waals surface area contributed by atoms with E-state index in [0.29, 0.717) is 13.1 Å². The number of likely N-dealkylation sites (N-methyl/N-ethyl adjacent to an activating group) is 1. The van der Waals surface area contributed by atoms with Crippen molar-refractivity contribution in [1.29, 1.82) is 0 Å². The Morgan fingerprint density at radius 2 is 2.47 bits per heavy atom. The number of carbonyl (C=O) groups excluding carboxylic acids is 1. The van der Waals surface area contributed by atoms with Gasteiger partial charge in [0.25, 0.3) is 0 Å². The molecule has 0 aliphatic heterocycles. The Balaban J connectivity index is 2.18. The fourth-order valence-electron chi connectivity index (χ4n) is 1.90. The Bertz CT molecular complexity index is 522. The molecule has 2 aromatic heterocycles. The Morgan fingerprint density at radius 3 is 3.11 bits per heavy atom. The highest BCUT2D eigenvalue weighted by molar-refractivity contribution is 7.13. The van der Waals surface area contributed by atoms with Gasteiger partial charge in [0, 0.05) is 12.4 Å². The lowest BCUT2D eigenvalue weighted by molar-refractivity contribution is -0.143. The van der Waals surface area contributed by atoms with Gasteiger partial charge in [0.05, 0.1) is 18.5 Å². The van der Waals surface area contributed by atoms with E-state index in [2.05, 4.69) is 10.3 Å². The monoisotopic (exact) mass is 279 g/mol. The molecule has 2 heterocycles. The van der Waals surface area contributed by atoms with E-state index in [1.165, 1.54) is 7.11 Å². The van der Waals surface area contributed by atoms with Gasteiger partial charge in [-0.25, -0.2) is 4.98 Å². The summed E-state index contributed by atoms with van der Waals surface area (Å²) in [6, 6.07) is 3.65. The van der Waals surface area contributed by atoms with Crippen LogP contribution in [0.1, 0.15) is 6.92 Å². The van der Waals surface area contributed by atoms with Crippen molar-refractivity contribution in [2.75, 3.05) is 13.7 Å². The van der Waals surface area contributed by atoms with E-state index >= 15 is 0 Å². The summed E-state index contributed by atoms with van der Waals surface area (Å²) in [5, 5.41) is 5.13. The average Bonchev–Trinajstić information content (AvgIpc) is 3.07. The maximum absolute atomic E-state index is 11.7. The lowest BCUT2D eigenvalue weighted by Gasteiger charge is -2.17. The van der Waals surface area contributed by atoms with Gasteiger partial charge in [-0.05, 0) is 18.0 Å². The highest BCUT2D eigenvalue weighted by Crippen LogP contribution is 2.23. The van der Waals surface area contributed by atoms with Crippen LogP contribution in [0.15, 0.2) is 29.9 Å². The molecule has 1 N–H and O–H groups in total. The van der Waals surface area contributed by atoms with Gasteiger partial charge in [0.2, 0.25) is 0 Å². The summed E-state index contributed by atoms with van der Waals surface area (Å²) in [7, 11) is 1.40. The zero-order chi connectivity index (χ0) is 13.7. The second-order valence-corrected chi connectivity index (χ2v) is 4.96. The van der Waals surface area contributed by atoms with E-state index < -0.39 is 0 Å². The summed E-state index contributed by atoms with van der Waals surface area (Å²) < 4.78 is 6.78. The van der Waals surface area contributed by atoms with Crippen LogP contribution in [0, 0.1) is 0 Å². The molecule has 0 fully saturated rings. The van der Waals surface area contributed by atoms with Crippen molar-refractivity contribution in [2.24, 2.45) is 0 Å². The first-order valence-electron chi connectivity index (χ1n) is 6.12. The molecule has 19 heavy (non-hydrogen) atoms. The maximum atomic E-state index is 11.7. The Hall–Kier alpha value is -1.66. The number of aromatic nitrogens is 2. The molecule has 0 saturated carbocycles. The summed E-state index contributed by atoms with van der Waals surface area (Å²) in [6.45, 7) is 3.18. The minimum Gasteiger partial charge on any atom is -0.468 e. The molecule has 0 spiro atoms. The summed E-state index contributed by atoms with van der Waals surface area (Å²) in [6.07, 6.45) is 3.62. The van der Waals surface area contributed by atoms with E-state index in [0.717, 1.165) is 10.7 Å². The number of nitrogens with zero attached hydrogens (tertiary/aromatic N) is 2. The predicted octanol–water partition coefficient (Wildman–Crippen LogP) is 1.76. The standard InChI is InChI=1S/C13H17N3O2S/c1-3-14-10(13(17)18-2)9-16-7-6-15-12(16)11-5-4-8-19-11/h4-8,10,14H,3,9H2,1-2H3. The van der Waals surface area contributed by atoms with Crippen LogP contribution in [-0.4, -0.2) is 35.2 Å². The van der Waals surface area contributed by atoms with Gasteiger partial charge in [-0.2, -0.15) is 0 Å². The molecule has 0 radical (unpaired) electrons. The van der Waals surface area contributed by atoms with Crippen molar-refractivity contribution in [1.82, 2.24) is 14.9 Å². The normalized spacial score (nSPS) is 12.3. The number of nitrogens with one attached hydrogen (secondary N) is 1. The Morgan fingerprint density at radius 1 is 1.63 bits per heavy atom. The van der Waals surface area contributed by atoms with Crippen molar-refractivity contribution in [3.8, 4) is 10.7 Å². The minimum atomic E-state index is -0.358. The highest BCUT2D eigenvalue weighted by Gasteiger charge is 2.20. The van der Waals surface area contributed by atoms with E-state index in [1.807, 2.05) is 35.2 Å². The first kappa shape index (κ1) is 13.8. The first-order chi connectivity index (χ1) is 9.26. The van der Waals surface area contributed by atoms with Crippen LogP contribution >= 0.6 is 11.3 Å². The van der Waals surface area contributed by atoms with E-state index in [4.69, 9.17) is 4.74 Å². The lowest BCUT2D eigenvalue weighted by atomic mass is 10.3. The molecule has 2 rings (SSSR count). The topological polar surface area (TPSA) is 56.2 Å². The molecule has 102 valence electrons. The SMILES string of the molecule is CCNC(Cn1ccnc1-c1cccs1)C(=O)OC. The third-order valence-corrected chi connectivity index (χ3v) is 3.64. The largest absolute Gasteiger partial charge is 0.468 e. The maximum Gasteiger partial charge on any atom is 0.324 e. The molecule has 1 atom stereocenters. The molecule has 2 aromatic rings. The number of thiophene rings is 1. The van der Waals surface area contributed by atoms with Gasteiger partial charge in [-0.15, -0.1) is 11.3 Å². The van der Waals surface area contributed by atoms with Crippen molar-refractivity contribution < 1.29 is 9.53 Å². The first-order valence-corrected chi connectivity index (χ1v) is 7.00. The molecule has 5 nitrogen and oxygen atoms in total. The van der Waals surface area contributed by atoms with Crippen LogP contribution in [0.2, 0.25) is 0 Å². The van der Waals surface area contributed by atoms with Crippen molar-refractivity contribution in [3.63, 3.8) is 0 Å². The fraction of sp³-hybridized carbons (Fsp3) is 0.385. The van der Waals surface area contributed by atoms with Crippen LogP contribution in [0.3, 0.4) is 0 Å².